The van der Waals surface area contributed by atoms with Crippen LogP contribution in [0.1, 0.15) is 17.4 Å². The standard InChI is InChI=1S/C11H10Cl2S/c1-2-7-4-3-5-8-10(13)9(6-12)14-11(7)8/h3-5H,2,6H2,1H3. The molecule has 0 saturated carbocycles. The Kier molecular flexibility index (Phi) is 3.01. The Morgan fingerprint density at radius 1 is 1.36 bits per heavy atom. The zero-order chi connectivity index (χ0) is 10.1. The second-order valence-electron chi connectivity index (χ2n) is 3.12. The van der Waals surface area contributed by atoms with Gasteiger partial charge in [-0.2, -0.15) is 0 Å². The predicted octanol–water partition coefficient (Wildman–Crippen LogP) is 4.86. The Morgan fingerprint density at radius 3 is 2.79 bits per heavy atom. The van der Waals surface area contributed by atoms with Gasteiger partial charge in [0.15, 0.2) is 0 Å². The average molecular weight is 245 g/mol. The van der Waals surface area contributed by atoms with Crippen molar-refractivity contribution in [2.75, 3.05) is 0 Å². The highest BCUT2D eigenvalue weighted by molar-refractivity contribution is 7.20. The lowest BCUT2D eigenvalue weighted by Crippen LogP contribution is -1.77. The van der Waals surface area contributed by atoms with Crippen LogP contribution in [0.4, 0.5) is 0 Å². The van der Waals surface area contributed by atoms with Gasteiger partial charge >= 0.3 is 0 Å². The number of rotatable bonds is 2. The van der Waals surface area contributed by atoms with Gasteiger partial charge in [0.2, 0.25) is 0 Å². The molecule has 0 spiro atoms. The van der Waals surface area contributed by atoms with Crippen LogP contribution >= 0.6 is 34.5 Å². The highest BCUT2D eigenvalue weighted by Crippen LogP contribution is 2.38. The smallest absolute Gasteiger partial charge is 0.0636 e. The maximum Gasteiger partial charge on any atom is 0.0636 e. The van der Waals surface area contributed by atoms with Gasteiger partial charge in [0.25, 0.3) is 0 Å². The van der Waals surface area contributed by atoms with Crippen molar-refractivity contribution in [3.8, 4) is 0 Å². The first-order chi connectivity index (χ1) is 6.77. The summed E-state index contributed by atoms with van der Waals surface area (Å²) in [4.78, 5) is 1.07. The van der Waals surface area contributed by atoms with Crippen molar-refractivity contribution in [2.45, 2.75) is 19.2 Å². The fourth-order valence-electron chi connectivity index (χ4n) is 1.56. The molecule has 0 N–H and O–H groups in total. The van der Waals surface area contributed by atoms with Gasteiger partial charge in [0.05, 0.1) is 10.9 Å². The van der Waals surface area contributed by atoms with E-state index >= 15 is 0 Å². The third-order valence-corrected chi connectivity index (χ3v) is 4.56. The number of alkyl halides is 1. The van der Waals surface area contributed by atoms with Gasteiger partial charge in [0.1, 0.15) is 0 Å². The number of halogens is 2. The third-order valence-electron chi connectivity index (χ3n) is 2.31. The monoisotopic (exact) mass is 244 g/mol. The lowest BCUT2D eigenvalue weighted by Gasteiger charge is -1.97. The Morgan fingerprint density at radius 2 is 2.14 bits per heavy atom. The van der Waals surface area contributed by atoms with E-state index in [1.54, 1.807) is 11.3 Å². The fourth-order valence-corrected chi connectivity index (χ4v) is 3.45. The molecule has 1 aromatic carbocycles. The minimum Gasteiger partial charge on any atom is -0.137 e. The van der Waals surface area contributed by atoms with Crippen LogP contribution in [0.5, 0.6) is 0 Å². The zero-order valence-electron chi connectivity index (χ0n) is 7.81. The minimum atomic E-state index is 0.501. The molecular formula is C11H10Cl2S. The van der Waals surface area contributed by atoms with Crippen molar-refractivity contribution < 1.29 is 0 Å². The molecule has 2 rings (SSSR count). The van der Waals surface area contributed by atoms with E-state index in [0.717, 1.165) is 21.7 Å². The Bertz CT molecular complexity index is 460. The molecule has 0 unspecified atom stereocenters. The van der Waals surface area contributed by atoms with Gasteiger partial charge in [-0.25, -0.2) is 0 Å². The van der Waals surface area contributed by atoms with Gasteiger partial charge in [-0.3, -0.25) is 0 Å². The number of thiophene rings is 1. The van der Waals surface area contributed by atoms with E-state index in [1.165, 1.54) is 10.3 Å². The minimum absolute atomic E-state index is 0.501. The highest BCUT2D eigenvalue weighted by Gasteiger charge is 2.10. The summed E-state index contributed by atoms with van der Waals surface area (Å²) < 4.78 is 1.29. The normalized spacial score (nSPS) is 11.1. The molecule has 1 heterocycles. The first-order valence-corrected chi connectivity index (χ1v) is 6.25. The van der Waals surface area contributed by atoms with Gasteiger partial charge in [0, 0.05) is 15.0 Å². The fraction of sp³-hybridized carbons (Fsp3) is 0.273. The second kappa shape index (κ2) is 4.09. The number of hydrogen-bond acceptors (Lipinski definition) is 1. The summed E-state index contributed by atoms with van der Waals surface area (Å²) in [6.45, 7) is 2.16. The Balaban J connectivity index is 2.77. The van der Waals surface area contributed by atoms with Crippen LogP contribution in [-0.4, -0.2) is 0 Å². The highest BCUT2D eigenvalue weighted by atomic mass is 35.5. The molecule has 0 saturated heterocycles. The first-order valence-electron chi connectivity index (χ1n) is 4.52. The van der Waals surface area contributed by atoms with Gasteiger partial charge in [-0.1, -0.05) is 36.7 Å². The molecule has 0 radical (unpaired) electrons. The molecule has 0 aliphatic heterocycles. The van der Waals surface area contributed by atoms with Gasteiger partial charge in [-0.05, 0) is 12.0 Å². The second-order valence-corrected chi connectivity index (χ2v) is 4.87. The Labute approximate surface area is 97.5 Å². The molecule has 1 aromatic heterocycles. The number of aryl methyl sites for hydroxylation is 1. The van der Waals surface area contributed by atoms with E-state index in [4.69, 9.17) is 23.2 Å². The molecule has 0 nitrogen and oxygen atoms in total. The predicted molar refractivity (Wildman–Crippen MR) is 65.8 cm³/mol. The summed E-state index contributed by atoms with van der Waals surface area (Å²) >= 11 is 13.7. The summed E-state index contributed by atoms with van der Waals surface area (Å²) in [5.74, 6) is 0.501. The molecule has 0 bridgehead atoms. The lowest BCUT2D eigenvalue weighted by molar-refractivity contribution is 1.16. The Hall–Kier alpha value is -0.240. The van der Waals surface area contributed by atoms with E-state index in [0.29, 0.717) is 5.88 Å². The average Bonchev–Trinajstić information content (AvgIpc) is 2.55. The van der Waals surface area contributed by atoms with Crippen LogP contribution < -0.4 is 0 Å². The van der Waals surface area contributed by atoms with Crippen LogP contribution in [0.15, 0.2) is 18.2 Å². The molecule has 3 heteroatoms. The zero-order valence-corrected chi connectivity index (χ0v) is 10.1. The van der Waals surface area contributed by atoms with E-state index in [9.17, 15) is 0 Å². The van der Waals surface area contributed by atoms with E-state index < -0.39 is 0 Å². The SMILES string of the molecule is CCc1cccc2c(Cl)c(CCl)sc12. The van der Waals surface area contributed by atoms with E-state index in [-0.39, 0.29) is 0 Å². The molecule has 0 fully saturated rings. The van der Waals surface area contributed by atoms with Gasteiger partial charge in [-0.15, -0.1) is 22.9 Å². The van der Waals surface area contributed by atoms with Crippen molar-refractivity contribution in [1.29, 1.82) is 0 Å². The topological polar surface area (TPSA) is 0 Å². The van der Waals surface area contributed by atoms with E-state index in [2.05, 4.69) is 25.1 Å². The van der Waals surface area contributed by atoms with Crippen LogP contribution in [0.3, 0.4) is 0 Å². The molecule has 74 valence electrons. The summed E-state index contributed by atoms with van der Waals surface area (Å²) in [5.41, 5.74) is 1.35. The molecular weight excluding hydrogens is 235 g/mol. The van der Waals surface area contributed by atoms with Gasteiger partial charge < -0.3 is 0 Å². The van der Waals surface area contributed by atoms with Crippen LogP contribution in [0, 0.1) is 0 Å². The largest absolute Gasteiger partial charge is 0.137 e. The lowest BCUT2D eigenvalue weighted by atomic mass is 10.1. The third kappa shape index (κ3) is 1.54. The molecule has 0 amide bonds. The van der Waals surface area contributed by atoms with Crippen LogP contribution in [0.25, 0.3) is 10.1 Å². The van der Waals surface area contributed by atoms with Crippen molar-refractivity contribution in [3.63, 3.8) is 0 Å². The maximum absolute atomic E-state index is 6.21. The summed E-state index contributed by atoms with van der Waals surface area (Å²) in [6, 6.07) is 6.26. The van der Waals surface area contributed by atoms with Crippen LogP contribution in [-0.2, 0) is 12.3 Å². The van der Waals surface area contributed by atoms with E-state index in [1.807, 2.05) is 0 Å². The summed E-state index contributed by atoms with van der Waals surface area (Å²) in [7, 11) is 0. The summed E-state index contributed by atoms with van der Waals surface area (Å²) in [6.07, 6.45) is 1.04. The molecule has 0 aliphatic carbocycles. The number of hydrogen-bond donors (Lipinski definition) is 0. The molecule has 0 aliphatic rings. The number of fused-ring (bicyclic) bond motifs is 1. The molecule has 0 atom stereocenters. The van der Waals surface area contributed by atoms with Crippen molar-refractivity contribution in [3.05, 3.63) is 33.7 Å². The van der Waals surface area contributed by atoms with Crippen LogP contribution in [0.2, 0.25) is 5.02 Å². The molecule has 14 heavy (non-hydrogen) atoms. The number of benzene rings is 1. The van der Waals surface area contributed by atoms with Crippen molar-refractivity contribution >= 4 is 44.6 Å². The summed E-state index contributed by atoms with van der Waals surface area (Å²) in [5, 5.41) is 1.97. The molecule has 2 aromatic rings. The quantitative estimate of drug-likeness (QED) is 0.663. The maximum atomic E-state index is 6.21. The van der Waals surface area contributed by atoms with Crippen molar-refractivity contribution in [2.24, 2.45) is 0 Å². The first kappa shape index (κ1) is 10.3. The van der Waals surface area contributed by atoms with Crippen molar-refractivity contribution in [1.82, 2.24) is 0 Å².